The molecule has 0 radical (unpaired) electrons. The van der Waals surface area contributed by atoms with Crippen LogP contribution in [0.25, 0.3) is 6.08 Å². The lowest BCUT2D eigenvalue weighted by Gasteiger charge is -2.11. The number of rotatable bonds is 10. The fraction of sp³-hybridized carbons (Fsp3) is 0.241. The maximum absolute atomic E-state index is 12.9. The average Bonchev–Trinajstić information content (AvgIpc) is 2.84. The van der Waals surface area contributed by atoms with Crippen molar-refractivity contribution in [1.29, 1.82) is 0 Å². The van der Waals surface area contributed by atoms with Crippen LogP contribution >= 0.6 is 0 Å². The third kappa shape index (κ3) is 7.76. The third-order valence-corrected chi connectivity index (χ3v) is 5.49. The van der Waals surface area contributed by atoms with Crippen LogP contribution < -0.4 is 10.6 Å². The van der Waals surface area contributed by atoms with Gasteiger partial charge in [0.05, 0.1) is 0 Å². The van der Waals surface area contributed by atoms with Crippen molar-refractivity contribution in [2.45, 2.75) is 32.6 Å². The molecule has 0 bridgehead atoms. The molecule has 2 N–H and O–H groups in total. The topological polar surface area (TPSA) is 58.2 Å². The van der Waals surface area contributed by atoms with Gasteiger partial charge >= 0.3 is 0 Å². The molecule has 0 spiro atoms. The molecule has 4 heteroatoms. The zero-order chi connectivity index (χ0) is 23.5. The highest BCUT2D eigenvalue weighted by atomic mass is 16.2. The number of benzene rings is 3. The number of hydrogen-bond donors (Lipinski definition) is 2. The lowest BCUT2D eigenvalue weighted by atomic mass is 10.0. The quantitative estimate of drug-likeness (QED) is 0.267. The van der Waals surface area contributed by atoms with Gasteiger partial charge in [0.15, 0.2) is 0 Å². The van der Waals surface area contributed by atoms with Crippen molar-refractivity contribution in [2.75, 3.05) is 13.1 Å². The maximum atomic E-state index is 12.9. The molecule has 33 heavy (non-hydrogen) atoms. The fourth-order valence-electron chi connectivity index (χ4n) is 3.50. The Balaban J connectivity index is 1.68. The second-order valence-corrected chi connectivity index (χ2v) is 8.36. The minimum atomic E-state index is -0.365. The first kappa shape index (κ1) is 24.0. The summed E-state index contributed by atoms with van der Waals surface area (Å²) in [6.45, 7) is 5.20. The first-order chi connectivity index (χ1) is 16.0. The van der Waals surface area contributed by atoms with Gasteiger partial charge in [0.2, 0.25) is 0 Å². The molecule has 0 aromatic heterocycles. The number of carbonyl (C=O) groups is 2. The summed E-state index contributed by atoms with van der Waals surface area (Å²) in [5, 5.41) is 5.80. The second-order valence-electron chi connectivity index (χ2n) is 8.36. The summed E-state index contributed by atoms with van der Waals surface area (Å²) in [5.74, 6) is -0.308. The molecule has 0 atom stereocenters. The van der Waals surface area contributed by atoms with Crippen molar-refractivity contribution in [1.82, 2.24) is 10.6 Å². The Morgan fingerprint density at radius 3 is 1.58 bits per heavy atom. The van der Waals surface area contributed by atoms with Gasteiger partial charge in [-0.25, -0.2) is 0 Å². The Bertz CT molecular complexity index is 996. The van der Waals surface area contributed by atoms with Gasteiger partial charge in [0.25, 0.3) is 11.8 Å². The summed E-state index contributed by atoms with van der Waals surface area (Å²) >= 11 is 0. The van der Waals surface area contributed by atoms with Crippen molar-refractivity contribution in [3.63, 3.8) is 0 Å². The Morgan fingerprint density at radius 2 is 1.15 bits per heavy atom. The van der Waals surface area contributed by atoms with Gasteiger partial charge in [-0.05, 0) is 47.1 Å². The Labute approximate surface area is 196 Å². The van der Waals surface area contributed by atoms with Crippen molar-refractivity contribution in [3.05, 3.63) is 113 Å². The lowest BCUT2D eigenvalue weighted by Crippen LogP contribution is -2.36. The predicted octanol–water partition coefficient (Wildman–Crippen LogP) is 4.91. The van der Waals surface area contributed by atoms with E-state index in [0.717, 1.165) is 16.7 Å². The van der Waals surface area contributed by atoms with E-state index in [-0.39, 0.29) is 17.4 Å². The van der Waals surface area contributed by atoms with E-state index >= 15 is 0 Å². The van der Waals surface area contributed by atoms with Crippen LogP contribution in [-0.2, 0) is 22.4 Å². The normalized spacial score (nSPS) is 10.5. The fourth-order valence-corrected chi connectivity index (χ4v) is 3.50. The molecule has 3 rings (SSSR count). The van der Waals surface area contributed by atoms with Crippen LogP contribution in [0.4, 0.5) is 0 Å². The largest absolute Gasteiger partial charge is 0.352 e. The van der Waals surface area contributed by atoms with Crippen LogP contribution in [0, 0.1) is 0 Å². The number of amides is 2. The van der Waals surface area contributed by atoms with Crippen LogP contribution in [0.3, 0.4) is 0 Å². The molecule has 0 unspecified atom stereocenters. The zero-order valence-corrected chi connectivity index (χ0v) is 19.4. The van der Waals surface area contributed by atoms with Gasteiger partial charge in [-0.2, -0.15) is 0 Å². The monoisotopic (exact) mass is 440 g/mol. The standard InChI is InChI=1S/C29H32N2O2/c1-22(2)26-15-13-25(14-16-26)21-27(28(32)30-19-17-23-9-5-3-6-10-23)29(33)31-20-18-24-11-7-4-8-12-24/h3-16,21-22H,17-20H2,1-2H3,(H,30,32)(H,31,33). The number of nitrogens with one attached hydrogen (secondary N) is 2. The third-order valence-electron chi connectivity index (χ3n) is 5.49. The average molecular weight is 441 g/mol. The molecule has 0 aliphatic heterocycles. The van der Waals surface area contributed by atoms with Gasteiger partial charge in [0, 0.05) is 13.1 Å². The van der Waals surface area contributed by atoms with E-state index in [1.54, 1.807) is 6.08 Å². The molecule has 0 fully saturated rings. The Kier molecular flexibility index (Phi) is 9.01. The van der Waals surface area contributed by atoms with Gasteiger partial charge in [0.1, 0.15) is 5.57 Å². The van der Waals surface area contributed by atoms with Gasteiger partial charge in [-0.3, -0.25) is 9.59 Å². The zero-order valence-electron chi connectivity index (χ0n) is 19.4. The summed E-state index contributed by atoms with van der Waals surface area (Å²) in [7, 11) is 0. The summed E-state index contributed by atoms with van der Waals surface area (Å²) in [5.41, 5.74) is 4.44. The second kappa shape index (κ2) is 12.4. The molecule has 4 nitrogen and oxygen atoms in total. The molecular formula is C29H32N2O2. The van der Waals surface area contributed by atoms with Crippen molar-refractivity contribution < 1.29 is 9.59 Å². The predicted molar refractivity (Wildman–Crippen MR) is 135 cm³/mol. The smallest absolute Gasteiger partial charge is 0.256 e. The van der Waals surface area contributed by atoms with E-state index in [0.29, 0.717) is 31.8 Å². The molecule has 0 heterocycles. The molecule has 170 valence electrons. The summed E-state index contributed by atoms with van der Waals surface area (Å²) in [4.78, 5) is 25.9. The Hall–Kier alpha value is -3.66. The highest BCUT2D eigenvalue weighted by molar-refractivity contribution is 6.21. The van der Waals surface area contributed by atoms with Crippen LogP contribution in [0.2, 0.25) is 0 Å². The van der Waals surface area contributed by atoms with E-state index < -0.39 is 0 Å². The number of carbonyl (C=O) groups excluding carboxylic acids is 2. The summed E-state index contributed by atoms with van der Waals surface area (Å²) < 4.78 is 0. The molecule has 0 saturated heterocycles. The SMILES string of the molecule is CC(C)c1ccc(C=C(C(=O)NCCc2ccccc2)C(=O)NCCc2ccccc2)cc1. The van der Waals surface area contributed by atoms with Crippen molar-refractivity contribution >= 4 is 17.9 Å². The van der Waals surface area contributed by atoms with Gasteiger partial charge in [-0.1, -0.05) is 98.8 Å². The van der Waals surface area contributed by atoms with E-state index in [2.05, 4.69) is 24.5 Å². The Morgan fingerprint density at radius 1 is 0.697 bits per heavy atom. The highest BCUT2D eigenvalue weighted by Gasteiger charge is 2.18. The molecule has 2 amide bonds. The van der Waals surface area contributed by atoms with Crippen LogP contribution in [0.15, 0.2) is 90.5 Å². The molecule has 0 saturated carbocycles. The first-order valence-corrected chi connectivity index (χ1v) is 11.5. The number of hydrogen-bond acceptors (Lipinski definition) is 2. The lowest BCUT2D eigenvalue weighted by molar-refractivity contribution is -0.123. The van der Waals surface area contributed by atoms with Gasteiger partial charge in [-0.15, -0.1) is 0 Å². The van der Waals surface area contributed by atoms with E-state index in [1.807, 2.05) is 84.9 Å². The molecule has 3 aromatic carbocycles. The minimum absolute atomic E-state index is 0.119. The maximum Gasteiger partial charge on any atom is 0.256 e. The summed E-state index contributed by atoms with van der Waals surface area (Å²) in [6.07, 6.45) is 3.08. The first-order valence-electron chi connectivity index (χ1n) is 11.5. The highest BCUT2D eigenvalue weighted by Crippen LogP contribution is 2.16. The van der Waals surface area contributed by atoms with E-state index in [1.165, 1.54) is 5.56 Å². The molecule has 0 aliphatic carbocycles. The van der Waals surface area contributed by atoms with Crippen LogP contribution in [0.1, 0.15) is 42.0 Å². The summed E-state index contributed by atoms with van der Waals surface area (Å²) in [6, 6.07) is 27.9. The van der Waals surface area contributed by atoms with E-state index in [9.17, 15) is 9.59 Å². The van der Waals surface area contributed by atoms with Crippen molar-refractivity contribution in [3.8, 4) is 0 Å². The van der Waals surface area contributed by atoms with E-state index in [4.69, 9.17) is 0 Å². The van der Waals surface area contributed by atoms with Crippen LogP contribution in [-0.4, -0.2) is 24.9 Å². The molecule has 3 aromatic rings. The van der Waals surface area contributed by atoms with Gasteiger partial charge < -0.3 is 10.6 Å². The molecule has 0 aliphatic rings. The minimum Gasteiger partial charge on any atom is -0.352 e. The van der Waals surface area contributed by atoms with Crippen molar-refractivity contribution in [2.24, 2.45) is 0 Å². The molecular weight excluding hydrogens is 408 g/mol. The van der Waals surface area contributed by atoms with Crippen LogP contribution in [0.5, 0.6) is 0 Å².